The van der Waals surface area contributed by atoms with Gasteiger partial charge in [0, 0.05) is 64.0 Å². The normalized spacial score (nSPS) is 18.5. The lowest BCUT2D eigenvalue weighted by molar-refractivity contribution is -0.122. The minimum absolute atomic E-state index is 0.00970. The first-order valence-electron chi connectivity index (χ1n) is 18.4. The van der Waals surface area contributed by atoms with Crippen molar-refractivity contribution in [3.8, 4) is 0 Å². The smallest absolute Gasteiger partial charge is 0.221 e. The maximum Gasteiger partial charge on any atom is 0.221 e. The van der Waals surface area contributed by atoms with Crippen LogP contribution in [0.2, 0.25) is 0 Å². The highest BCUT2D eigenvalue weighted by Gasteiger charge is 2.41. The molecule has 4 aromatic carbocycles. The van der Waals surface area contributed by atoms with E-state index in [1.54, 1.807) is 0 Å². The number of nitrogens with one attached hydrogen (secondary N) is 2. The van der Waals surface area contributed by atoms with E-state index in [-0.39, 0.29) is 16.7 Å². The largest absolute Gasteiger partial charge is 0.386 e. The Morgan fingerprint density at radius 3 is 1.46 bits per heavy atom. The van der Waals surface area contributed by atoms with Gasteiger partial charge in [-0.2, -0.15) is 0 Å². The molecule has 0 bridgehead atoms. The fourth-order valence-electron chi connectivity index (χ4n) is 7.98. The monoisotopic (exact) mass is 670 g/mol. The molecule has 4 aromatic rings. The predicted molar refractivity (Wildman–Crippen MR) is 208 cm³/mol. The summed E-state index contributed by atoms with van der Waals surface area (Å²) >= 11 is 0. The number of carbonyl (C=O) groups excluding carboxylic acids is 1. The summed E-state index contributed by atoms with van der Waals surface area (Å²) < 4.78 is 0. The summed E-state index contributed by atoms with van der Waals surface area (Å²) in [6.07, 6.45) is 4.58. The van der Waals surface area contributed by atoms with E-state index in [4.69, 9.17) is 0 Å². The minimum Gasteiger partial charge on any atom is -0.386 e. The summed E-state index contributed by atoms with van der Waals surface area (Å²) in [6, 6.07) is 42.9. The lowest BCUT2D eigenvalue weighted by Gasteiger charge is -2.47. The molecule has 2 N–H and O–H groups in total. The molecular weight excluding hydrogens is 613 g/mol. The zero-order valence-electron chi connectivity index (χ0n) is 30.6. The molecule has 5 rings (SSSR count). The quantitative estimate of drug-likeness (QED) is 0.111. The Kier molecular flexibility index (Phi) is 13.5. The fourth-order valence-corrected chi connectivity index (χ4v) is 7.98. The molecule has 1 aliphatic rings. The van der Waals surface area contributed by atoms with Crippen molar-refractivity contribution >= 4 is 5.91 Å². The average Bonchev–Trinajstić information content (AvgIpc) is 3.10. The van der Waals surface area contributed by atoms with Crippen molar-refractivity contribution < 1.29 is 4.79 Å². The summed E-state index contributed by atoms with van der Waals surface area (Å²) in [5.74, 6) is 0.131. The molecule has 5 nitrogen and oxygen atoms in total. The van der Waals surface area contributed by atoms with Gasteiger partial charge in [0.15, 0.2) is 0 Å². The molecule has 0 aromatic heterocycles. The minimum atomic E-state index is 0.00970. The average molecular weight is 671 g/mol. The summed E-state index contributed by atoms with van der Waals surface area (Å²) in [5.41, 5.74) is 6.47. The van der Waals surface area contributed by atoms with E-state index in [2.05, 4.69) is 169 Å². The van der Waals surface area contributed by atoms with Crippen LogP contribution in [0.25, 0.3) is 0 Å². The number of nitrogens with zero attached hydrogens (tertiary/aromatic N) is 2. The van der Waals surface area contributed by atoms with Crippen LogP contribution in [0.1, 0.15) is 75.1 Å². The van der Waals surface area contributed by atoms with Crippen LogP contribution >= 0.6 is 0 Å². The van der Waals surface area contributed by atoms with E-state index in [0.717, 1.165) is 64.1 Å². The molecule has 1 fully saturated rings. The number of carbonyl (C=O) groups is 1. The zero-order valence-corrected chi connectivity index (χ0v) is 30.6. The third kappa shape index (κ3) is 12.6. The molecule has 5 heteroatoms. The van der Waals surface area contributed by atoms with Crippen LogP contribution in [0.3, 0.4) is 0 Å². The van der Waals surface area contributed by atoms with E-state index in [0.29, 0.717) is 25.6 Å². The van der Waals surface area contributed by atoms with E-state index in [1.165, 1.54) is 22.3 Å². The molecule has 0 radical (unpaired) electrons. The number of hydrogen-bond donors (Lipinski definition) is 2. The van der Waals surface area contributed by atoms with Crippen LogP contribution in [-0.4, -0.2) is 41.4 Å². The van der Waals surface area contributed by atoms with Crippen molar-refractivity contribution in [2.75, 3.05) is 19.6 Å². The summed E-state index contributed by atoms with van der Waals surface area (Å²) in [7, 11) is 0. The zero-order chi connectivity index (χ0) is 35.2. The SMILES string of the molecule is C=C(CCN(Cc1ccccc1)Cc1ccccc1)NC1CC(C)(C)CC(C)(CNC(=O)CCN(Cc2ccccc2)Cc2ccccc2)C1. The third-order valence-corrected chi connectivity index (χ3v) is 9.95. The molecule has 1 aliphatic carbocycles. The molecule has 50 heavy (non-hydrogen) atoms. The van der Waals surface area contributed by atoms with Crippen LogP contribution in [0.15, 0.2) is 134 Å². The van der Waals surface area contributed by atoms with Gasteiger partial charge >= 0.3 is 0 Å². The van der Waals surface area contributed by atoms with Gasteiger partial charge in [-0.25, -0.2) is 0 Å². The van der Waals surface area contributed by atoms with Gasteiger partial charge in [0.1, 0.15) is 0 Å². The molecule has 0 spiro atoms. The second-order valence-electron chi connectivity index (χ2n) is 15.6. The molecule has 2 atom stereocenters. The highest BCUT2D eigenvalue weighted by Crippen LogP contribution is 2.46. The first kappa shape index (κ1) is 37.1. The van der Waals surface area contributed by atoms with Gasteiger partial charge in [0.05, 0.1) is 0 Å². The van der Waals surface area contributed by atoms with E-state index in [9.17, 15) is 4.79 Å². The fraction of sp³-hybridized carbons (Fsp3) is 0.400. The molecule has 2 unspecified atom stereocenters. The predicted octanol–water partition coefficient (Wildman–Crippen LogP) is 8.98. The van der Waals surface area contributed by atoms with Crippen molar-refractivity contribution in [2.24, 2.45) is 10.8 Å². The van der Waals surface area contributed by atoms with Crippen LogP contribution in [0.4, 0.5) is 0 Å². The van der Waals surface area contributed by atoms with Gasteiger partial charge < -0.3 is 10.6 Å². The van der Waals surface area contributed by atoms with E-state index < -0.39 is 0 Å². The van der Waals surface area contributed by atoms with Crippen molar-refractivity contribution in [3.05, 3.63) is 156 Å². The molecular formula is C45H58N4O. The van der Waals surface area contributed by atoms with Gasteiger partial charge in [-0.15, -0.1) is 0 Å². The maximum atomic E-state index is 13.3. The van der Waals surface area contributed by atoms with Gasteiger partial charge in [0.2, 0.25) is 5.91 Å². The first-order valence-corrected chi connectivity index (χ1v) is 18.4. The molecule has 0 aliphatic heterocycles. The third-order valence-electron chi connectivity index (χ3n) is 9.95. The van der Waals surface area contributed by atoms with Crippen LogP contribution in [0, 0.1) is 10.8 Å². The van der Waals surface area contributed by atoms with Crippen molar-refractivity contribution in [3.63, 3.8) is 0 Å². The highest BCUT2D eigenvalue weighted by molar-refractivity contribution is 5.76. The molecule has 1 amide bonds. The highest BCUT2D eigenvalue weighted by atomic mass is 16.1. The van der Waals surface area contributed by atoms with Crippen molar-refractivity contribution in [1.82, 2.24) is 20.4 Å². The number of rotatable bonds is 18. The molecule has 0 saturated heterocycles. The topological polar surface area (TPSA) is 47.6 Å². The Bertz CT molecular complexity index is 1510. The number of benzene rings is 4. The van der Waals surface area contributed by atoms with Gasteiger partial charge in [-0.3, -0.25) is 14.6 Å². The first-order chi connectivity index (χ1) is 24.1. The van der Waals surface area contributed by atoms with Crippen LogP contribution < -0.4 is 10.6 Å². The Labute approximate surface area is 301 Å². The van der Waals surface area contributed by atoms with E-state index >= 15 is 0 Å². The summed E-state index contributed by atoms with van der Waals surface area (Å²) in [6.45, 7) is 17.4. The van der Waals surface area contributed by atoms with Crippen LogP contribution in [0.5, 0.6) is 0 Å². The molecule has 264 valence electrons. The Hall–Kier alpha value is -4.19. The summed E-state index contributed by atoms with van der Waals surface area (Å²) in [5, 5.41) is 7.20. The Balaban J connectivity index is 1.12. The van der Waals surface area contributed by atoms with E-state index in [1.807, 2.05) is 0 Å². The molecule has 1 saturated carbocycles. The Morgan fingerprint density at radius 2 is 1.04 bits per heavy atom. The lowest BCUT2D eigenvalue weighted by Crippen LogP contribution is -2.49. The van der Waals surface area contributed by atoms with Gasteiger partial charge in [-0.1, -0.05) is 149 Å². The Morgan fingerprint density at radius 1 is 0.640 bits per heavy atom. The second kappa shape index (κ2) is 18.2. The summed E-state index contributed by atoms with van der Waals surface area (Å²) in [4.78, 5) is 18.2. The standard InChI is InChI=1S/C45H58N4O/c1-37(25-27-48(31-38-17-9-5-10-18-38)32-39-19-11-6-12-20-39)47-42-29-44(2,3)35-45(4,30-42)36-46-43(50)26-28-49(33-40-21-13-7-14-22-40)34-41-23-15-8-16-24-41/h5-24,42,47H,1,25-36H2,2-4H3,(H,46,50). The number of amides is 1. The second-order valence-corrected chi connectivity index (χ2v) is 15.6. The molecule has 0 heterocycles. The lowest BCUT2D eigenvalue weighted by atomic mass is 9.62. The van der Waals surface area contributed by atoms with Crippen LogP contribution in [-0.2, 0) is 31.0 Å². The van der Waals surface area contributed by atoms with Gasteiger partial charge in [-0.05, 0) is 58.8 Å². The number of hydrogen-bond acceptors (Lipinski definition) is 4. The van der Waals surface area contributed by atoms with Gasteiger partial charge in [0.25, 0.3) is 0 Å². The van der Waals surface area contributed by atoms with Crippen molar-refractivity contribution in [2.45, 2.75) is 85.1 Å². The maximum absolute atomic E-state index is 13.3. The van der Waals surface area contributed by atoms with Crippen molar-refractivity contribution in [1.29, 1.82) is 0 Å².